The molecule has 2 amide bonds. The van der Waals surface area contributed by atoms with Crippen molar-refractivity contribution in [1.82, 2.24) is 10.2 Å². The van der Waals surface area contributed by atoms with Crippen LogP contribution < -0.4 is 5.32 Å². The van der Waals surface area contributed by atoms with Gasteiger partial charge in [0.2, 0.25) is 11.8 Å². The van der Waals surface area contributed by atoms with Crippen LogP contribution in [0.1, 0.15) is 48.9 Å². The van der Waals surface area contributed by atoms with E-state index in [0.29, 0.717) is 6.42 Å². The quantitative estimate of drug-likeness (QED) is 0.862. The largest absolute Gasteiger partial charge is 0.508 e. The first kappa shape index (κ1) is 18.5. The van der Waals surface area contributed by atoms with Crippen molar-refractivity contribution >= 4 is 11.8 Å². The number of benzene rings is 2. The number of nitrogens with one attached hydrogen (secondary N) is 1. The van der Waals surface area contributed by atoms with E-state index in [4.69, 9.17) is 0 Å². The molecule has 146 valence electrons. The Labute approximate surface area is 165 Å². The van der Waals surface area contributed by atoms with Crippen molar-refractivity contribution in [2.75, 3.05) is 13.1 Å². The lowest BCUT2D eigenvalue weighted by Gasteiger charge is -2.40. The van der Waals surface area contributed by atoms with E-state index in [0.717, 1.165) is 37.9 Å². The van der Waals surface area contributed by atoms with Crippen LogP contribution >= 0.6 is 0 Å². The number of hydrogen-bond donors (Lipinski definition) is 2. The maximum atomic E-state index is 12.7. The first-order valence-electron chi connectivity index (χ1n) is 9.89. The number of phenolic OH excluding ortho intramolecular Hbond substituents is 1. The Bertz CT molecular complexity index is 883. The number of fused-ring (bicyclic) bond motifs is 2. The van der Waals surface area contributed by atoms with E-state index in [-0.39, 0.29) is 29.0 Å². The normalized spacial score (nSPS) is 20.0. The number of phenols is 1. The van der Waals surface area contributed by atoms with E-state index in [1.165, 1.54) is 11.1 Å². The third kappa shape index (κ3) is 3.49. The minimum Gasteiger partial charge on any atom is -0.508 e. The van der Waals surface area contributed by atoms with Gasteiger partial charge in [0.1, 0.15) is 5.75 Å². The van der Waals surface area contributed by atoms with Crippen molar-refractivity contribution in [3.63, 3.8) is 0 Å². The van der Waals surface area contributed by atoms with Crippen LogP contribution in [-0.4, -0.2) is 34.9 Å². The number of rotatable bonds is 3. The molecule has 1 aliphatic carbocycles. The van der Waals surface area contributed by atoms with Crippen LogP contribution in [0.25, 0.3) is 0 Å². The van der Waals surface area contributed by atoms with E-state index >= 15 is 0 Å². The minimum absolute atomic E-state index is 0.00151. The molecule has 4 rings (SSSR count). The average Bonchev–Trinajstić information content (AvgIpc) is 2.97. The van der Waals surface area contributed by atoms with Crippen molar-refractivity contribution in [2.24, 2.45) is 0 Å². The molecule has 0 radical (unpaired) electrons. The molecule has 2 aromatic carbocycles. The summed E-state index contributed by atoms with van der Waals surface area (Å²) < 4.78 is 0. The Morgan fingerprint density at radius 1 is 1.11 bits per heavy atom. The Morgan fingerprint density at radius 3 is 2.46 bits per heavy atom. The monoisotopic (exact) mass is 378 g/mol. The predicted octanol–water partition coefficient (Wildman–Crippen LogP) is 3.08. The molecular weight excluding hydrogens is 352 g/mol. The predicted molar refractivity (Wildman–Crippen MR) is 107 cm³/mol. The number of likely N-dealkylation sites (tertiary alicyclic amines) is 1. The van der Waals surface area contributed by atoms with Gasteiger partial charge in [0.05, 0.1) is 12.5 Å². The second kappa shape index (κ2) is 7.30. The maximum Gasteiger partial charge on any atom is 0.226 e. The van der Waals surface area contributed by atoms with Crippen molar-refractivity contribution < 1.29 is 14.7 Å². The van der Waals surface area contributed by atoms with E-state index in [1.807, 2.05) is 11.0 Å². The molecule has 1 fully saturated rings. The zero-order valence-electron chi connectivity index (χ0n) is 16.1. The summed E-state index contributed by atoms with van der Waals surface area (Å²) in [7, 11) is 0. The Balaban J connectivity index is 1.45. The molecule has 1 spiro atoms. The topological polar surface area (TPSA) is 69.6 Å². The van der Waals surface area contributed by atoms with Gasteiger partial charge in [0.25, 0.3) is 0 Å². The van der Waals surface area contributed by atoms with Crippen LogP contribution in [0.15, 0.2) is 48.5 Å². The van der Waals surface area contributed by atoms with Crippen molar-refractivity contribution in [1.29, 1.82) is 0 Å². The van der Waals surface area contributed by atoms with E-state index in [1.54, 1.807) is 31.2 Å². The van der Waals surface area contributed by atoms with Gasteiger partial charge in [-0.15, -0.1) is 0 Å². The number of aromatic hydroxyl groups is 1. The summed E-state index contributed by atoms with van der Waals surface area (Å²) in [5, 5.41) is 12.5. The van der Waals surface area contributed by atoms with Crippen LogP contribution in [0.5, 0.6) is 5.75 Å². The van der Waals surface area contributed by atoms with Crippen LogP contribution in [-0.2, 0) is 21.4 Å². The molecule has 0 saturated carbocycles. The van der Waals surface area contributed by atoms with Gasteiger partial charge in [-0.2, -0.15) is 0 Å². The fourth-order valence-electron chi connectivity index (χ4n) is 4.83. The molecule has 1 atom stereocenters. The highest BCUT2D eigenvalue weighted by Crippen LogP contribution is 2.50. The summed E-state index contributed by atoms with van der Waals surface area (Å²) in [5.41, 5.74) is 3.51. The Kier molecular flexibility index (Phi) is 4.84. The maximum absolute atomic E-state index is 12.7. The fraction of sp³-hybridized carbons (Fsp3) is 0.391. The molecule has 2 aliphatic rings. The number of amides is 2. The highest BCUT2D eigenvalue weighted by atomic mass is 16.3. The van der Waals surface area contributed by atoms with Crippen LogP contribution in [0.3, 0.4) is 0 Å². The highest BCUT2D eigenvalue weighted by molar-refractivity contribution is 5.79. The third-order valence-corrected chi connectivity index (χ3v) is 6.24. The summed E-state index contributed by atoms with van der Waals surface area (Å²) in [6, 6.07) is 15.3. The summed E-state index contributed by atoms with van der Waals surface area (Å²) >= 11 is 0. The second-order valence-corrected chi connectivity index (χ2v) is 8.05. The number of nitrogens with zero attached hydrogens (tertiary/aromatic N) is 1. The first-order chi connectivity index (χ1) is 13.5. The standard InChI is InChI=1S/C23H26N2O3/c1-16(26)24-21-15-23(20-5-3-2-4-19(20)21)10-12-25(13-11-23)22(28)14-17-6-8-18(27)9-7-17/h2-9,21,27H,10-15H2,1H3,(H,24,26). The minimum atomic E-state index is -0.00151. The number of carbonyl (C=O) groups excluding carboxylic acids is 2. The third-order valence-electron chi connectivity index (χ3n) is 6.24. The van der Waals surface area contributed by atoms with Gasteiger partial charge in [-0.05, 0) is 48.1 Å². The van der Waals surface area contributed by atoms with Gasteiger partial charge >= 0.3 is 0 Å². The zero-order valence-corrected chi connectivity index (χ0v) is 16.1. The fourth-order valence-corrected chi connectivity index (χ4v) is 4.83. The van der Waals surface area contributed by atoms with Crippen LogP contribution in [0.2, 0.25) is 0 Å². The zero-order chi connectivity index (χ0) is 19.7. The van der Waals surface area contributed by atoms with Crippen LogP contribution in [0, 0.1) is 0 Å². The van der Waals surface area contributed by atoms with E-state index in [2.05, 4.69) is 23.5 Å². The summed E-state index contributed by atoms with van der Waals surface area (Å²) in [4.78, 5) is 26.3. The van der Waals surface area contributed by atoms with E-state index in [9.17, 15) is 14.7 Å². The molecule has 0 bridgehead atoms. The summed E-state index contributed by atoms with van der Waals surface area (Å²) in [6.07, 6.45) is 3.10. The molecule has 5 nitrogen and oxygen atoms in total. The second-order valence-electron chi connectivity index (χ2n) is 8.05. The number of carbonyl (C=O) groups is 2. The van der Waals surface area contributed by atoms with E-state index < -0.39 is 0 Å². The van der Waals surface area contributed by atoms with Crippen molar-refractivity contribution in [3.8, 4) is 5.75 Å². The number of hydrogen-bond acceptors (Lipinski definition) is 3. The summed E-state index contributed by atoms with van der Waals surface area (Å²) in [5.74, 6) is 0.341. The lowest BCUT2D eigenvalue weighted by molar-refractivity contribution is -0.132. The summed E-state index contributed by atoms with van der Waals surface area (Å²) in [6.45, 7) is 3.04. The lowest BCUT2D eigenvalue weighted by atomic mass is 9.73. The molecule has 2 N–H and O–H groups in total. The average molecular weight is 378 g/mol. The molecule has 1 aliphatic heterocycles. The van der Waals surface area contributed by atoms with Crippen LogP contribution in [0.4, 0.5) is 0 Å². The van der Waals surface area contributed by atoms with Gasteiger partial charge < -0.3 is 15.3 Å². The first-order valence-corrected chi connectivity index (χ1v) is 9.89. The molecule has 2 aromatic rings. The highest BCUT2D eigenvalue weighted by Gasteiger charge is 2.46. The Morgan fingerprint density at radius 2 is 1.79 bits per heavy atom. The smallest absolute Gasteiger partial charge is 0.226 e. The van der Waals surface area contributed by atoms with Gasteiger partial charge in [0.15, 0.2) is 0 Å². The lowest BCUT2D eigenvalue weighted by Crippen LogP contribution is -2.45. The Hall–Kier alpha value is -2.82. The molecule has 0 aromatic heterocycles. The molecular formula is C23H26N2O3. The van der Waals surface area contributed by atoms with Crippen molar-refractivity contribution in [3.05, 3.63) is 65.2 Å². The molecule has 1 unspecified atom stereocenters. The molecule has 5 heteroatoms. The molecule has 1 heterocycles. The van der Waals surface area contributed by atoms with Crippen molar-refractivity contribution in [2.45, 2.75) is 44.1 Å². The number of piperidine rings is 1. The molecule has 28 heavy (non-hydrogen) atoms. The molecule has 1 saturated heterocycles. The van der Waals surface area contributed by atoms with Gasteiger partial charge in [0, 0.05) is 25.4 Å². The van der Waals surface area contributed by atoms with Gasteiger partial charge in [-0.25, -0.2) is 0 Å². The van der Waals surface area contributed by atoms with Gasteiger partial charge in [-0.1, -0.05) is 36.4 Å². The van der Waals surface area contributed by atoms with Gasteiger partial charge in [-0.3, -0.25) is 9.59 Å². The SMILES string of the molecule is CC(=O)NC1CC2(CCN(C(=O)Cc3ccc(O)cc3)CC2)c2ccccc21.